The molecule has 5 heteroatoms. The zero-order valence-electron chi connectivity index (χ0n) is 10.7. The topological polar surface area (TPSA) is 49.4 Å². The first-order chi connectivity index (χ1) is 8.48. The molecule has 0 spiro atoms. The fourth-order valence-corrected chi connectivity index (χ4v) is 3.94. The van der Waals surface area contributed by atoms with Crippen molar-refractivity contribution >= 4 is 21.2 Å². The summed E-state index contributed by atoms with van der Waals surface area (Å²) in [5, 5.41) is 3.32. The van der Waals surface area contributed by atoms with Crippen LogP contribution >= 0.6 is 0 Å². The molecular weight excluding hydrogens is 248 g/mol. The number of para-hydroxylation sites is 1. The van der Waals surface area contributed by atoms with Crippen LogP contribution in [0.5, 0.6) is 0 Å². The molecule has 18 heavy (non-hydrogen) atoms. The van der Waals surface area contributed by atoms with Gasteiger partial charge in [0.2, 0.25) is 0 Å². The molecule has 0 amide bonds. The molecule has 1 aromatic carbocycles. The van der Waals surface area contributed by atoms with Crippen LogP contribution in [0.15, 0.2) is 23.1 Å². The van der Waals surface area contributed by atoms with E-state index in [0.717, 1.165) is 24.5 Å². The van der Waals surface area contributed by atoms with E-state index >= 15 is 0 Å². The number of anilines is 2. The number of nitrogens with one attached hydrogen (secondary N) is 1. The standard InChI is InChI=1S/C13H18N2O2S/c1-9-6-7-15-10-4-3-5-12(18(2,16)17)13(10)14-8-11(9)15/h3-5,9,11,14H,6-8H2,1-2H3. The van der Waals surface area contributed by atoms with Crippen molar-refractivity contribution in [1.29, 1.82) is 0 Å². The predicted octanol–water partition coefficient (Wildman–Crippen LogP) is 1.73. The van der Waals surface area contributed by atoms with Gasteiger partial charge in [-0.05, 0) is 24.5 Å². The molecule has 98 valence electrons. The van der Waals surface area contributed by atoms with Gasteiger partial charge in [0.15, 0.2) is 9.84 Å². The van der Waals surface area contributed by atoms with Crippen LogP contribution in [-0.4, -0.2) is 33.8 Å². The van der Waals surface area contributed by atoms with E-state index in [9.17, 15) is 8.42 Å². The minimum atomic E-state index is -3.18. The predicted molar refractivity (Wildman–Crippen MR) is 73.0 cm³/mol. The van der Waals surface area contributed by atoms with E-state index in [4.69, 9.17) is 0 Å². The minimum absolute atomic E-state index is 0.415. The number of fused-ring (bicyclic) bond motifs is 3. The van der Waals surface area contributed by atoms with Crippen molar-refractivity contribution in [3.8, 4) is 0 Å². The summed E-state index contributed by atoms with van der Waals surface area (Å²) >= 11 is 0. The third kappa shape index (κ3) is 1.68. The minimum Gasteiger partial charge on any atom is -0.380 e. The Bertz CT molecular complexity index is 583. The van der Waals surface area contributed by atoms with Gasteiger partial charge in [-0.2, -0.15) is 0 Å². The zero-order valence-corrected chi connectivity index (χ0v) is 11.5. The van der Waals surface area contributed by atoms with Crippen LogP contribution in [0.3, 0.4) is 0 Å². The Morgan fingerprint density at radius 1 is 1.39 bits per heavy atom. The molecule has 1 aromatic rings. The van der Waals surface area contributed by atoms with E-state index in [1.807, 2.05) is 12.1 Å². The summed E-state index contributed by atoms with van der Waals surface area (Å²) in [5.41, 5.74) is 1.82. The summed E-state index contributed by atoms with van der Waals surface area (Å²) in [7, 11) is -3.18. The Kier molecular flexibility index (Phi) is 2.55. The van der Waals surface area contributed by atoms with E-state index in [1.165, 1.54) is 12.7 Å². The molecule has 0 bridgehead atoms. The molecule has 2 heterocycles. The van der Waals surface area contributed by atoms with Crippen molar-refractivity contribution in [3.63, 3.8) is 0 Å². The number of hydrogen-bond acceptors (Lipinski definition) is 4. The van der Waals surface area contributed by atoms with Crippen LogP contribution < -0.4 is 10.2 Å². The van der Waals surface area contributed by atoms with E-state index in [1.54, 1.807) is 6.07 Å². The van der Waals surface area contributed by atoms with Crippen molar-refractivity contribution in [1.82, 2.24) is 0 Å². The molecule has 4 nitrogen and oxygen atoms in total. The highest BCUT2D eigenvalue weighted by atomic mass is 32.2. The molecule has 2 aliphatic rings. The van der Waals surface area contributed by atoms with Crippen LogP contribution in [-0.2, 0) is 9.84 Å². The lowest BCUT2D eigenvalue weighted by Gasteiger charge is -2.36. The quantitative estimate of drug-likeness (QED) is 0.841. The Morgan fingerprint density at radius 3 is 2.89 bits per heavy atom. The average molecular weight is 266 g/mol. The molecule has 0 aliphatic carbocycles. The first-order valence-corrected chi connectivity index (χ1v) is 8.21. The van der Waals surface area contributed by atoms with Gasteiger partial charge in [-0.3, -0.25) is 0 Å². The third-order valence-electron chi connectivity index (χ3n) is 4.08. The molecule has 1 saturated heterocycles. The van der Waals surface area contributed by atoms with E-state index in [2.05, 4.69) is 17.1 Å². The lowest BCUT2D eigenvalue weighted by Crippen LogP contribution is -2.42. The molecular formula is C13H18N2O2S. The Balaban J connectivity index is 2.13. The summed E-state index contributed by atoms with van der Waals surface area (Å²) in [6.45, 7) is 4.12. The van der Waals surface area contributed by atoms with Gasteiger partial charge < -0.3 is 10.2 Å². The number of hydrogen-bond donors (Lipinski definition) is 1. The van der Waals surface area contributed by atoms with Gasteiger partial charge in [0, 0.05) is 25.4 Å². The largest absolute Gasteiger partial charge is 0.380 e. The fourth-order valence-electron chi connectivity index (χ4n) is 3.07. The first-order valence-electron chi connectivity index (χ1n) is 6.32. The maximum Gasteiger partial charge on any atom is 0.177 e. The van der Waals surface area contributed by atoms with Gasteiger partial charge >= 0.3 is 0 Å². The van der Waals surface area contributed by atoms with Crippen molar-refractivity contribution < 1.29 is 8.42 Å². The van der Waals surface area contributed by atoms with Gasteiger partial charge in [-0.1, -0.05) is 13.0 Å². The van der Waals surface area contributed by atoms with Crippen LogP contribution in [0, 0.1) is 5.92 Å². The van der Waals surface area contributed by atoms with Gasteiger partial charge in [0.25, 0.3) is 0 Å². The van der Waals surface area contributed by atoms with Gasteiger partial charge in [0.05, 0.1) is 16.3 Å². The Hall–Kier alpha value is -1.23. The molecule has 0 aromatic heterocycles. The highest BCUT2D eigenvalue weighted by molar-refractivity contribution is 7.90. The normalized spacial score (nSPS) is 26.4. The van der Waals surface area contributed by atoms with E-state index < -0.39 is 9.84 Å². The lowest BCUT2D eigenvalue weighted by atomic mass is 10.0. The summed E-state index contributed by atoms with van der Waals surface area (Å²) in [4.78, 5) is 2.77. The fraction of sp³-hybridized carbons (Fsp3) is 0.538. The van der Waals surface area contributed by atoms with Crippen molar-refractivity contribution in [2.45, 2.75) is 24.3 Å². The lowest BCUT2D eigenvalue weighted by molar-refractivity contribution is 0.523. The van der Waals surface area contributed by atoms with Crippen LogP contribution in [0.25, 0.3) is 0 Å². The van der Waals surface area contributed by atoms with Crippen LogP contribution in [0.2, 0.25) is 0 Å². The second-order valence-corrected chi connectivity index (χ2v) is 7.31. The molecule has 2 atom stereocenters. The zero-order chi connectivity index (χ0) is 12.9. The second kappa shape index (κ2) is 3.88. The van der Waals surface area contributed by atoms with Crippen LogP contribution in [0.1, 0.15) is 13.3 Å². The number of nitrogens with zero attached hydrogens (tertiary/aromatic N) is 1. The van der Waals surface area contributed by atoms with Gasteiger partial charge in [-0.15, -0.1) is 0 Å². The van der Waals surface area contributed by atoms with E-state index in [-0.39, 0.29) is 0 Å². The molecule has 0 radical (unpaired) electrons. The second-order valence-electron chi connectivity index (χ2n) is 5.33. The summed E-state index contributed by atoms with van der Waals surface area (Å²) in [6.07, 6.45) is 2.44. The molecule has 3 rings (SSSR count). The molecule has 1 fully saturated rings. The highest BCUT2D eigenvalue weighted by Gasteiger charge is 2.36. The maximum absolute atomic E-state index is 11.8. The van der Waals surface area contributed by atoms with Crippen molar-refractivity contribution in [3.05, 3.63) is 18.2 Å². The number of benzene rings is 1. The maximum atomic E-state index is 11.8. The monoisotopic (exact) mass is 266 g/mol. The van der Waals surface area contributed by atoms with E-state index in [0.29, 0.717) is 16.9 Å². The summed E-state index contributed by atoms with van der Waals surface area (Å²) in [6, 6.07) is 6.03. The van der Waals surface area contributed by atoms with Crippen molar-refractivity contribution in [2.75, 3.05) is 29.6 Å². The van der Waals surface area contributed by atoms with Crippen LogP contribution in [0.4, 0.5) is 11.4 Å². The smallest absolute Gasteiger partial charge is 0.177 e. The molecule has 2 aliphatic heterocycles. The molecule has 0 saturated carbocycles. The van der Waals surface area contributed by atoms with Gasteiger partial charge in [-0.25, -0.2) is 8.42 Å². The number of sulfone groups is 1. The SMILES string of the molecule is CC1CCN2c3cccc(S(C)(=O)=O)c3NCC12. The Morgan fingerprint density at radius 2 is 2.17 bits per heavy atom. The molecule has 1 N–H and O–H groups in total. The average Bonchev–Trinajstić information content (AvgIpc) is 2.69. The summed E-state index contributed by atoms with van der Waals surface area (Å²) in [5.74, 6) is 0.660. The number of rotatable bonds is 1. The third-order valence-corrected chi connectivity index (χ3v) is 5.22. The summed E-state index contributed by atoms with van der Waals surface area (Å²) < 4.78 is 23.6. The highest BCUT2D eigenvalue weighted by Crippen LogP contribution is 2.41. The Labute approximate surface area is 108 Å². The molecule has 2 unspecified atom stereocenters. The van der Waals surface area contributed by atoms with Crippen molar-refractivity contribution in [2.24, 2.45) is 5.92 Å². The van der Waals surface area contributed by atoms with Gasteiger partial charge in [0.1, 0.15) is 0 Å². The first kappa shape index (κ1) is 11.8.